The molecule has 0 aliphatic carbocycles. The molecule has 0 saturated carbocycles. The summed E-state index contributed by atoms with van der Waals surface area (Å²) >= 11 is 0. The van der Waals surface area contributed by atoms with Crippen LogP contribution in [0, 0.1) is 20.8 Å². The van der Waals surface area contributed by atoms with E-state index in [0.717, 1.165) is 28.0 Å². The molecule has 2 aromatic carbocycles. The summed E-state index contributed by atoms with van der Waals surface area (Å²) in [6.45, 7) is 8.08. The molecule has 0 aliphatic rings. The number of aromatic nitrogens is 2. The Balaban J connectivity index is 1.62. The second-order valence-corrected chi connectivity index (χ2v) is 6.81. The minimum atomic E-state index is -0.584. The van der Waals surface area contributed by atoms with Crippen LogP contribution in [-0.2, 0) is 11.3 Å². The maximum absolute atomic E-state index is 12.5. The molecule has 146 valence electrons. The Morgan fingerprint density at radius 3 is 2.71 bits per heavy atom. The van der Waals surface area contributed by atoms with Gasteiger partial charge in [-0.25, -0.2) is 0 Å². The van der Waals surface area contributed by atoms with E-state index in [1.807, 2.05) is 70.2 Å². The fraction of sp³-hybridized carbons (Fsp3) is 0.318. The lowest BCUT2D eigenvalue weighted by Crippen LogP contribution is -2.37. The van der Waals surface area contributed by atoms with Gasteiger partial charge in [0.1, 0.15) is 5.75 Å². The number of rotatable bonds is 7. The number of ether oxygens (including phenoxy) is 1. The van der Waals surface area contributed by atoms with Gasteiger partial charge in [-0.1, -0.05) is 48.0 Å². The van der Waals surface area contributed by atoms with E-state index in [1.54, 1.807) is 0 Å². The molecule has 0 fully saturated rings. The Labute approximate surface area is 164 Å². The number of carbonyl (C=O) groups excluding carboxylic acids is 1. The summed E-state index contributed by atoms with van der Waals surface area (Å²) in [5.74, 6) is 1.37. The zero-order valence-electron chi connectivity index (χ0n) is 16.7. The van der Waals surface area contributed by atoms with Crippen LogP contribution in [0.25, 0.3) is 11.4 Å². The standard InChI is InChI=1S/C22H25N3O3/c1-5-18(27-19-11-7-9-15(3)16(19)4)22(26)23-13-20-24-21(25-28-20)17-10-6-8-14(2)12-17/h6-12,18H,5,13H2,1-4H3,(H,23,26)/t18-/m1/s1. The summed E-state index contributed by atoms with van der Waals surface area (Å²) in [6.07, 6.45) is -0.0305. The molecule has 0 bridgehead atoms. The van der Waals surface area contributed by atoms with Crippen LogP contribution in [0.4, 0.5) is 0 Å². The zero-order valence-corrected chi connectivity index (χ0v) is 16.7. The molecule has 1 atom stereocenters. The van der Waals surface area contributed by atoms with Crippen molar-refractivity contribution in [3.63, 3.8) is 0 Å². The van der Waals surface area contributed by atoms with Gasteiger partial charge in [0.2, 0.25) is 11.7 Å². The lowest BCUT2D eigenvalue weighted by Gasteiger charge is -2.18. The predicted octanol–water partition coefficient (Wildman–Crippen LogP) is 4.14. The van der Waals surface area contributed by atoms with Crippen molar-refractivity contribution in [1.82, 2.24) is 15.5 Å². The third kappa shape index (κ3) is 4.57. The average Bonchev–Trinajstić information content (AvgIpc) is 3.16. The molecule has 6 nitrogen and oxygen atoms in total. The number of nitrogens with one attached hydrogen (secondary N) is 1. The van der Waals surface area contributed by atoms with Crippen molar-refractivity contribution in [3.8, 4) is 17.1 Å². The quantitative estimate of drug-likeness (QED) is 0.668. The summed E-state index contributed by atoms with van der Waals surface area (Å²) < 4.78 is 11.2. The molecule has 1 heterocycles. The van der Waals surface area contributed by atoms with E-state index < -0.39 is 6.10 Å². The summed E-state index contributed by atoms with van der Waals surface area (Å²) in [6, 6.07) is 13.7. The Bertz CT molecular complexity index is 965. The SMILES string of the molecule is CC[C@@H](Oc1cccc(C)c1C)C(=O)NCc1nc(-c2cccc(C)c2)no1. The zero-order chi connectivity index (χ0) is 20.1. The monoisotopic (exact) mass is 379 g/mol. The van der Waals surface area contributed by atoms with Crippen LogP contribution in [0.15, 0.2) is 47.0 Å². The van der Waals surface area contributed by atoms with Crippen molar-refractivity contribution >= 4 is 5.91 Å². The number of aryl methyl sites for hydroxylation is 2. The molecule has 6 heteroatoms. The summed E-state index contributed by atoms with van der Waals surface area (Å²) in [4.78, 5) is 16.9. The highest BCUT2D eigenvalue weighted by Crippen LogP contribution is 2.22. The molecule has 1 aromatic heterocycles. The number of amides is 1. The van der Waals surface area contributed by atoms with E-state index in [9.17, 15) is 4.79 Å². The van der Waals surface area contributed by atoms with Crippen LogP contribution in [0.1, 0.15) is 35.9 Å². The van der Waals surface area contributed by atoms with Crippen molar-refractivity contribution in [1.29, 1.82) is 0 Å². The number of benzene rings is 2. The number of hydrogen-bond acceptors (Lipinski definition) is 5. The normalized spacial score (nSPS) is 11.9. The van der Waals surface area contributed by atoms with Crippen LogP contribution in [0.3, 0.4) is 0 Å². The number of carbonyl (C=O) groups is 1. The Morgan fingerprint density at radius 1 is 1.18 bits per heavy atom. The van der Waals surface area contributed by atoms with Gasteiger partial charge >= 0.3 is 0 Å². The van der Waals surface area contributed by atoms with Crippen molar-refractivity contribution in [3.05, 3.63) is 65.0 Å². The third-order valence-electron chi connectivity index (χ3n) is 4.65. The highest BCUT2D eigenvalue weighted by Gasteiger charge is 2.20. The first kappa shape index (κ1) is 19.6. The molecule has 1 N–H and O–H groups in total. The van der Waals surface area contributed by atoms with Crippen LogP contribution in [0.5, 0.6) is 5.75 Å². The molecule has 0 radical (unpaired) electrons. The van der Waals surface area contributed by atoms with Crippen molar-refractivity contribution in [2.24, 2.45) is 0 Å². The second kappa shape index (κ2) is 8.69. The van der Waals surface area contributed by atoms with Crippen LogP contribution >= 0.6 is 0 Å². The summed E-state index contributed by atoms with van der Waals surface area (Å²) in [5, 5.41) is 6.81. The molecular formula is C22H25N3O3. The topological polar surface area (TPSA) is 77.2 Å². The first-order valence-electron chi connectivity index (χ1n) is 9.38. The maximum Gasteiger partial charge on any atom is 0.261 e. The van der Waals surface area contributed by atoms with Gasteiger partial charge in [-0.3, -0.25) is 4.79 Å². The molecule has 3 rings (SSSR count). The molecule has 0 saturated heterocycles. The predicted molar refractivity (Wildman–Crippen MR) is 107 cm³/mol. The van der Waals surface area contributed by atoms with Gasteiger partial charge in [-0.05, 0) is 50.5 Å². The number of nitrogens with zero attached hydrogens (tertiary/aromatic N) is 2. The third-order valence-corrected chi connectivity index (χ3v) is 4.65. The van der Waals surface area contributed by atoms with E-state index in [0.29, 0.717) is 18.1 Å². The van der Waals surface area contributed by atoms with Crippen LogP contribution in [0.2, 0.25) is 0 Å². The first-order valence-corrected chi connectivity index (χ1v) is 9.38. The molecule has 0 spiro atoms. The lowest BCUT2D eigenvalue weighted by atomic mass is 10.1. The fourth-order valence-corrected chi connectivity index (χ4v) is 2.83. The van der Waals surface area contributed by atoms with Gasteiger partial charge in [0.05, 0.1) is 6.54 Å². The van der Waals surface area contributed by atoms with E-state index in [-0.39, 0.29) is 12.5 Å². The highest BCUT2D eigenvalue weighted by molar-refractivity contribution is 5.81. The van der Waals surface area contributed by atoms with Crippen molar-refractivity contribution < 1.29 is 14.1 Å². The van der Waals surface area contributed by atoms with Gasteiger partial charge in [-0.2, -0.15) is 4.98 Å². The molecule has 28 heavy (non-hydrogen) atoms. The smallest absolute Gasteiger partial charge is 0.261 e. The minimum absolute atomic E-state index is 0.157. The van der Waals surface area contributed by atoms with Crippen molar-refractivity contribution in [2.75, 3.05) is 0 Å². The Morgan fingerprint density at radius 2 is 1.96 bits per heavy atom. The second-order valence-electron chi connectivity index (χ2n) is 6.81. The fourth-order valence-electron chi connectivity index (χ4n) is 2.83. The molecule has 3 aromatic rings. The Kier molecular flexibility index (Phi) is 6.09. The largest absolute Gasteiger partial charge is 0.480 e. The van der Waals surface area contributed by atoms with Gasteiger partial charge in [0.15, 0.2) is 6.10 Å². The van der Waals surface area contributed by atoms with Crippen molar-refractivity contribution in [2.45, 2.75) is 46.8 Å². The van der Waals surface area contributed by atoms with Gasteiger partial charge < -0.3 is 14.6 Å². The van der Waals surface area contributed by atoms with Gasteiger partial charge in [-0.15, -0.1) is 0 Å². The van der Waals surface area contributed by atoms with E-state index >= 15 is 0 Å². The highest BCUT2D eigenvalue weighted by atomic mass is 16.5. The number of hydrogen-bond donors (Lipinski definition) is 1. The van der Waals surface area contributed by atoms with Gasteiger partial charge in [0.25, 0.3) is 5.91 Å². The maximum atomic E-state index is 12.5. The van der Waals surface area contributed by atoms with Crippen LogP contribution < -0.4 is 10.1 Å². The summed E-state index contributed by atoms with van der Waals surface area (Å²) in [7, 11) is 0. The summed E-state index contributed by atoms with van der Waals surface area (Å²) in [5.41, 5.74) is 4.16. The molecule has 1 amide bonds. The van der Waals surface area contributed by atoms with E-state index in [1.165, 1.54) is 0 Å². The van der Waals surface area contributed by atoms with E-state index in [2.05, 4.69) is 15.5 Å². The molecular weight excluding hydrogens is 354 g/mol. The minimum Gasteiger partial charge on any atom is -0.480 e. The van der Waals surface area contributed by atoms with E-state index in [4.69, 9.17) is 9.26 Å². The first-order chi connectivity index (χ1) is 13.5. The average molecular weight is 379 g/mol. The molecule has 0 aliphatic heterocycles. The Hall–Kier alpha value is -3.15. The van der Waals surface area contributed by atoms with Crippen LogP contribution in [-0.4, -0.2) is 22.2 Å². The van der Waals surface area contributed by atoms with Gasteiger partial charge in [0, 0.05) is 5.56 Å². The lowest BCUT2D eigenvalue weighted by molar-refractivity contribution is -0.128. The molecule has 0 unspecified atom stereocenters.